The van der Waals surface area contributed by atoms with E-state index in [4.69, 9.17) is 25.4 Å². The molecule has 8 unspecified atom stereocenters. The van der Waals surface area contributed by atoms with Crippen molar-refractivity contribution in [2.75, 3.05) is 19.8 Å². The molecule has 0 radical (unpaired) electrons. The van der Waals surface area contributed by atoms with Gasteiger partial charge in [-0.15, -0.1) is 0 Å². The zero-order chi connectivity index (χ0) is 17.0. The fourth-order valence-electron chi connectivity index (χ4n) is 3.12. The predicted molar refractivity (Wildman–Crippen MR) is 79.3 cm³/mol. The summed E-state index contributed by atoms with van der Waals surface area (Å²) in [5.74, 6) is 0. The second-order valence-corrected chi connectivity index (χ2v) is 6.37. The lowest BCUT2D eigenvalue weighted by Gasteiger charge is -2.35. The van der Waals surface area contributed by atoms with Crippen molar-refractivity contribution in [1.82, 2.24) is 5.32 Å². The molecule has 23 heavy (non-hydrogen) atoms. The van der Waals surface area contributed by atoms with Crippen molar-refractivity contribution in [2.24, 2.45) is 5.73 Å². The zero-order valence-electron chi connectivity index (χ0n) is 13.0. The van der Waals surface area contributed by atoms with Gasteiger partial charge in [-0.05, 0) is 19.3 Å². The van der Waals surface area contributed by atoms with Crippen molar-refractivity contribution in [3.8, 4) is 0 Å². The molecule has 0 amide bonds. The maximum atomic E-state index is 9.91. The van der Waals surface area contributed by atoms with Crippen LogP contribution in [0.4, 0.5) is 0 Å². The Morgan fingerprint density at radius 3 is 2.52 bits per heavy atom. The molecule has 9 nitrogen and oxygen atoms in total. The molecule has 1 heterocycles. The third-order valence-electron chi connectivity index (χ3n) is 4.38. The van der Waals surface area contributed by atoms with Crippen LogP contribution in [0.15, 0.2) is 0 Å². The van der Waals surface area contributed by atoms with Gasteiger partial charge in [0.1, 0.15) is 18.3 Å². The van der Waals surface area contributed by atoms with Gasteiger partial charge in [-0.2, -0.15) is 0 Å². The van der Waals surface area contributed by atoms with Crippen molar-refractivity contribution >= 4 is 0 Å². The fourth-order valence-corrected chi connectivity index (χ4v) is 3.12. The SMILES string of the molecule is NC1CC(NCC(O)CO)CC(OC2OC(CO)C(O)C2O)C1. The van der Waals surface area contributed by atoms with Gasteiger partial charge in [-0.3, -0.25) is 0 Å². The zero-order valence-corrected chi connectivity index (χ0v) is 13.0. The van der Waals surface area contributed by atoms with Crippen LogP contribution in [-0.4, -0.2) is 94.2 Å². The Hall–Kier alpha value is -0.360. The lowest BCUT2D eigenvalue weighted by atomic mass is 9.89. The van der Waals surface area contributed by atoms with Gasteiger partial charge in [0.25, 0.3) is 0 Å². The summed E-state index contributed by atoms with van der Waals surface area (Å²) in [6.45, 7) is -0.450. The summed E-state index contributed by atoms with van der Waals surface area (Å²) in [6, 6.07) is -0.0864. The summed E-state index contributed by atoms with van der Waals surface area (Å²) in [7, 11) is 0. The van der Waals surface area contributed by atoms with Crippen LogP contribution in [0.5, 0.6) is 0 Å². The lowest BCUT2D eigenvalue weighted by molar-refractivity contribution is -0.200. The summed E-state index contributed by atoms with van der Waals surface area (Å²) in [5, 5.41) is 50.1. The van der Waals surface area contributed by atoms with Gasteiger partial charge in [0, 0.05) is 18.6 Å². The minimum atomic E-state index is -1.21. The van der Waals surface area contributed by atoms with Gasteiger partial charge in [-0.25, -0.2) is 0 Å². The molecule has 2 aliphatic rings. The number of nitrogens with two attached hydrogens (primary N) is 1. The van der Waals surface area contributed by atoms with Crippen LogP contribution in [0.3, 0.4) is 0 Å². The van der Waals surface area contributed by atoms with E-state index in [1.54, 1.807) is 0 Å². The largest absolute Gasteiger partial charge is 0.394 e. The van der Waals surface area contributed by atoms with E-state index in [0.29, 0.717) is 19.3 Å². The number of nitrogens with one attached hydrogen (secondary N) is 1. The van der Waals surface area contributed by atoms with E-state index in [1.807, 2.05) is 0 Å². The van der Waals surface area contributed by atoms with Gasteiger partial charge in [0.05, 0.1) is 25.4 Å². The Morgan fingerprint density at radius 2 is 1.91 bits per heavy atom. The van der Waals surface area contributed by atoms with Crippen LogP contribution in [0.2, 0.25) is 0 Å². The molecule has 1 aliphatic carbocycles. The van der Waals surface area contributed by atoms with Gasteiger partial charge in [-0.1, -0.05) is 0 Å². The summed E-state index contributed by atoms with van der Waals surface area (Å²) in [6.07, 6.45) is -3.44. The van der Waals surface area contributed by atoms with Crippen LogP contribution in [0.25, 0.3) is 0 Å². The van der Waals surface area contributed by atoms with Gasteiger partial charge in [0.2, 0.25) is 0 Å². The first-order valence-electron chi connectivity index (χ1n) is 8.00. The van der Waals surface area contributed by atoms with Crippen molar-refractivity contribution in [2.45, 2.75) is 68.2 Å². The number of rotatable bonds is 7. The van der Waals surface area contributed by atoms with E-state index in [2.05, 4.69) is 5.32 Å². The molecule has 9 heteroatoms. The minimum absolute atomic E-state index is 0.0158. The Bertz CT molecular complexity index is 362. The molecule has 8 N–H and O–H groups in total. The standard InChI is InChI=1S/C14H28N2O7/c15-7-1-8(16-4-9(19)5-17)3-10(2-7)22-14-13(21)12(20)11(6-18)23-14/h7-14,16-21H,1-6,15H2. The normalized spacial score (nSPS) is 42.8. The minimum Gasteiger partial charge on any atom is -0.394 e. The number of aliphatic hydroxyl groups excluding tert-OH is 5. The highest BCUT2D eigenvalue weighted by Crippen LogP contribution is 2.28. The molecule has 2 fully saturated rings. The number of hydrogen-bond acceptors (Lipinski definition) is 9. The molecule has 1 saturated heterocycles. The first-order chi connectivity index (χ1) is 10.9. The van der Waals surface area contributed by atoms with Gasteiger partial charge >= 0.3 is 0 Å². The van der Waals surface area contributed by atoms with E-state index >= 15 is 0 Å². The topological polar surface area (TPSA) is 158 Å². The Morgan fingerprint density at radius 1 is 1.17 bits per heavy atom. The Kier molecular flexibility index (Phi) is 7.14. The van der Waals surface area contributed by atoms with E-state index < -0.39 is 37.3 Å². The molecule has 8 atom stereocenters. The maximum Gasteiger partial charge on any atom is 0.186 e. The molecule has 1 saturated carbocycles. The van der Waals surface area contributed by atoms with Crippen molar-refractivity contribution < 1.29 is 35.0 Å². The first kappa shape index (κ1) is 19.0. The average molecular weight is 336 g/mol. The van der Waals surface area contributed by atoms with E-state index in [-0.39, 0.29) is 31.3 Å². The lowest BCUT2D eigenvalue weighted by Crippen LogP contribution is -2.49. The quantitative estimate of drug-likeness (QED) is 0.252. The molecule has 1 aliphatic heterocycles. The molecule has 0 spiro atoms. The van der Waals surface area contributed by atoms with Crippen molar-refractivity contribution in [3.05, 3.63) is 0 Å². The summed E-state index contributed by atoms with van der Waals surface area (Å²) in [4.78, 5) is 0. The van der Waals surface area contributed by atoms with Gasteiger partial charge < -0.3 is 46.1 Å². The van der Waals surface area contributed by atoms with E-state index in [9.17, 15) is 15.3 Å². The highest BCUT2D eigenvalue weighted by Gasteiger charge is 2.44. The smallest absolute Gasteiger partial charge is 0.186 e. The van der Waals surface area contributed by atoms with Crippen LogP contribution < -0.4 is 11.1 Å². The molecule has 0 aromatic rings. The molecule has 136 valence electrons. The second-order valence-electron chi connectivity index (χ2n) is 6.37. The summed E-state index contributed by atoms with van der Waals surface area (Å²) < 4.78 is 11.0. The Balaban J connectivity index is 1.84. The molecule has 0 aromatic heterocycles. The van der Waals surface area contributed by atoms with Crippen molar-refractivity contribution in [1.29, 1.82) is 0 Å². The maximum absolute atomic E-state index is 9.91. The average Bonchev–Trinajstić information content (AvgIpc) is 2.80. The van der Waals surface area contributed by atoms with Crippen LogP contribution in [0, 0.1) is 0 Å². The molecule has 0 bridgehead atoms. The number of hydrogen-bond donors (Lipinski definition) is 7. The third-order valence-corrected chi connectivity index (χ3v) is 4.38. The number of ether oxygens (including phenoxy) is 2. The number of aliphatic hydroxyl groups is 5. The molecule has 0 aromatic carbocycles. The van der Waals surface area contributed by atoms with Crippen LogP contribution >= 0.6 is 0 Å². The Labute approximate surface area is 135 Å². The highest BCUT2D eigenvalue weighted by molar-refractivity contribution is 4.90. The molecule has 2 rings (SSSR count). The third kappa shape index (κ3) is 5.05. The van der Waals surface area contributed by atoms with Crippen LogP contribution in [0.1, 0.15) is 19.3 Å². The monoisotopic (exact) mass is 336 g/mol. The summed E-state index contributed by atoms with van der Waals surface area (Å²) >= 11 is 0. The van der Waals surface area contributed by atoms with Crippen molar-refractivity contribution in [3.63, 3.8) is 0 Å². The van der Waals surface area contributed by atoms with Gasteiger partial charge in [0.15, 0.2) is 6.29 Å². The van der Waals surface area contributed by atoms with E-state index in [0.717, 1.165) is 0 Å². The predicted octanol–water partition coefficient (Wildman–Crippen LogP) is -3.37. The van der Waals surface area contributed by atoms with Crippen LogP contribution in [-0.2, 0) is 9.47 Å². The first-order valence-corrected chi connectivity index (χ1v) is 8.00. The fraction of sp³-hybridized carbons (Fsp3) is 1.00. The highest BCUT2D eigenvalue weighted by atomic mass is 16.7. The molecular formula is C14H28N2O7. The second kappa shape index (κ2) is 8.65. The molecular weight excluding hydrogens is 308 g/mol. The summed E-state index contributed by atoms with van der Waals surface area (Å²) in [5.41, 5.74) is 6.02. The van der Waals surface area contributed by atoms with E-state index in [1.165, 1.54) is 0 Å².